The standard InChI is InChI=1S/C10H13N5/c1-2-15-10(6-8-12-15)14-13-9-5-3-4-7-11-9/h3-8,14H,2H2,1H3,(H,11,13). The highest BCUT2D eigenvalue weighted by Crippen LogP contribution is 2.06. The van der Waals surface area contributed by atoms with Crippen LogP contribution < -0.4 is 10.9 Å². The summed E-state index contributed by atoms with van der Waals surface area (Å²) in [6.45, 7) is 2.87. The van der Waals surface area contributed by atoms with Crippen molar-refractivity contribution < 1.29 is 0 Å². The fraction of sp³-hybridized carbons (Fsp3) is 0.200. The molecule has 0 amide bonds. The number of hydrogen-bond donors (Lipinski definition) is 2. The van der Waals surface area contributed by atoms with Crippen molar-refractivity contribution in [1.82, 2.24) is 14.8 Å². The summed E-state index contributed by atoms with van der Waals surface area (Å²) in [5.74, 6) is 1.70. The van der Waals surface area contributed by atoms with Crippen LogP contribution in [0.3, 0.4) is 0 Å². The molecule has 5 nitrogen and oxygen atoms in total. The van der Waals surface area contributed by atoms with Crippen molar-refractivity contribution in [2.24, 2.45) is 0 Å². The van der Waals surface area contributed by atoms with Gasteiger partial charge in [0, 0.05) is 18.8 Å². The third-order valence-electron chi connectivity index (χ3n) is 2.00. The molecule has 5 heteroatoms. The van der Waals surface area contributed by atoms with E-state index in [0.717, 1.165) is 18.2 Å². The highest BCUT2D eigenvalue weighted by atomic mass is 15.5. The Hall–Kier alpha value is -2.04. The molecule has 0 radical (unpaired) electrons. The lowest BCUT2D eigenvalue weighted by Crippen LogP contribution is -2.13. The van der Waals surface area contributed by atoms with Gasteiger partial charge in [0.2, 0.25) is 0 Å². The van der Waals surface area contributed by atoms with Gasteiger partial charge in [-0.15, -0.1) is 0 Å². The predicted molar refractivity (Wildman–Crippen MR) is 59.4 cm³/mol. The maximum absolute atomic E-state index is 4.14. The number of nitrogens with one attached hydrogen (secondary N) is 2. The van der Waals surface area contributed by atoms with Gasteiger partial charge in [-0.05, 0) is 19.1 Å². The van der Waals surface area contributed by atoms with E-state index < -0.39 is 0 Å². The monoisotopic (exact) mass is 203 g/mol. The molecule has 0 aliphatic rings. The van der Waals surface area contributed by atoms with E-state index in [0.29, 0.717) is 0 Å². The largest absolute Gasteiger partial charge is 0.283 e. The average Bonchev–Trinajstić information content (AvgIpc) is 2.75. The first-order valence-electron chi connectivity index (χ1n) is 4.85. The summed E-state index contributed by atoms with van der Waals surface area (Å²) in [5.41, 5.74) is 6.05. The van der Waals surface area contributed by atoms with Crippen LogP contribution >= 0.6 is 0 Å². The molecule has 0 atom stereocenters. The number of hydrogen-bond acceptors (Lipinski definition) is 4. The summed E-state index contributed by atoms with van der Waals surface area (Å²) in [5, 5.41) is 4.14. The minimum atomic E-state index is 0.779. The number of pyridine rings is 1. The van der Waals surface area contributed by atoms with Crippen LogP contribution in [-0.4, -0.2) is 14.8 Å². The molecule has 15 heavy (non-hydrogen) atoms. The summed E-state index contributed by atoms with van der Waals surface area (Å²) >= 11 is 0. The van der Waals surface area contributed by atoms with E-state index in [9.17, 15) is 0 Å². The molecular formula is C10H13N5. The van der Waals surface area contributed by atoms with E-state index in [1.54, 1.807) is 12.4 Å². The van der Waals surface area contributed by atoms with Gasteiger partial charge in [0.25, 0.3) is 0 Å². The predicted octanol–water partition coefficient (Wildman–Crippen LogP) is 1.74. The third kappa shape index (κ3) is 2.25. The molecule has 0 saturated heterocycles. The van der Waals surface area contributed by atoms with E-state index in [4.69, 9.17) is 0 Å². The Morgan fingerprint density at radius 2 is 2.13 bits per heavy atom. The fourth-order valence-electron chi connectivity index (χ4n) is 1.26. The van der Waals surface area contributed by atoms with Crippen LogP contribution in [0.15, 0.2) is 36.7 Å². The minimum absolute atomic E-state index is 0.779. The van der Waals surface area contributed by atoms with Crippen molar-refractivity contribution in [3.8, 4) is 0 Å². The van der Waals surface area contributed by atoms with Gasteiger partial charge < -0.3 is 0 Å². The number of aryl methyl sites for hydroxylation is 1. The first-order valence-corrected chi connectivity index (χ1v) is 4.85. The van der Waals surface area contributed by atoms with Crippen LogP contribution in [-0.2, 0) is 6.54 Å². The minimum Gasteiger partial charge on any atom is -0.283 e. The molecule has 2 N–H and O–H groups in total. The fourth-order valence-corrected chi connectivity index (χ4v) is 1.26. The van der Waals surface area contributed by atoms with Crippen LogP contribution in [0.5, 0.6) is 0 Å². The molecule has 0 fully saturated rings. The van der Waals surface area contributed by atoms with E-state index in [2.05, 4.69) is 20.9 Å². The Kier molecular flexibility index (Phi) is 2.82. The van der Waals surface area contributed by atoms with Gasteiger partial charge in [-0.1, -0.05) is 6.07 Å². The normalized spacial score (nSPS) is 9.93. The second kappa shape index (κ2) is 4.45. The molecule has 0 aliphatic carbocycles. The summed E-state index contributed by atoms with van der Waals surface area (Å²) in [7, 11) is 0. The van der Waals surface area contributed by atoms with Crippen LogP contribution in [0, 0.1) is 0 Å². The molecule has 2 rings (SSSR count). The molecular weight excluding hydrogens is 190 g/mol. The SMILES string of the molecule is CCn1nccc1NNc1ccccn1. The van der Waals surface area contributed by atoms with Gasteiger partial charge in [0.05, 0.1) is 6.20 Å². The van der Waals surface area contributed by atoms with Crippen molar-refractivity contribution in [1.29, 1.82) is 0 Å². The second-order valence-electron chi connectivity index (χ2n) is 3.00. The summed E-state index contributed by atoms with van der Waals surface area (Å²) < 4.78 is 1.86. The zero-order valence-corrected chi connectivity index (χ0v) is 8.51. The number of rotatable bonds is 4. The molecule has 0 saturated carbocycles. The highest BCUT2D eigenvalue weighted by Gasteiger charge is 1.98. The molecule has 0 spiro atoms. The van der Waals surface area contributed by atoms with Gasteiger partial charge >= 0.3 is 0 Å². The van der Waals surface area contributed by atoms with Gasteiger partial charge in [-0.3, -0.25) is 10.9 Å². The van der Waals surface area contributed by atoms with E-state index in [-0.39, 0.29) is 0 Å². The van der Waals surface area contributed by atoms with Crippen LogP contribution in [0.2, 0.25) is 0 Å². The lowest BCUT2D eigenvalue weighted by Gasteiger charge is -2.09. The number of aromatic nitrogens is 3. The molecule has 2 aromatic heterocycles. The average molecular weight is 203 g/mol. The molecule has 2 aromatic rings. The van der Waals surface area contributed by atoms with Crippen molar-refractivity contribution in [2.45, 2.75) is 13.5 Å². The van der Waals surface area contributed by atoms with Crippen molar-refractivity contribution >= 4 is 11.6 Å². The molecule has 0 unspecified atom stereocenters. The smallest absolute Gasteiger partial charge is 0.144 e. The Balaban J connectivity index is 1.99. The summed E-state index contributed by atoms with van der Waals surface area (Å²) in [6, 6.07) is 7.59. The summed E-state index contributed by atoms with van der Waals surface area (Å²) in [6.07, 6.45) is 3.49. The van der Waals surface area contributed by atoms with Gasteiger partial charge in [-0.25, -0.2) is 9.67 Å². The van der Waals surface area contributed by atoms with E-state index in [1.165, 1.54) is 0 Å². The lowest BCUT2D eigenvalue weighted by molar-refractivity contribution is 0.666. The summed E-state index contributed by atoms with van der Waals surface area (Å²) in [4.78, 5) is 4.13. The zero-order chi connectivity index (χ0) is 10.5. The second-order valence-corrected chi connectivity index (χ2v) is 3.00. The molecule has 0 bridgehead atoms. The van der Waals surface area contributed by atoms with Gasteiger partial charge in [0.1, 0.15) is 11.6 Å². The van der Waals surface area contributed by atoms with E-state index >= 15 is 0 Å². The van der Waals surface area contributed by atoms with Crippen molar-refractivity contribution in [3.05, 3.63) is 36.7 Å². The maximum Gasteiger partial charge on any atom is 0.144 e. The van der Waals surface area contributed by atoms with Crippen LogP contribution in [0.25, 0.3) is 0 Å². The van der Waals surface area contributed by atoms with Crippen LogP contribution in [0.4, 0.5) is 11.6 Å². The van der Waals surface area contributed by atoms with Gasteiger partial charge in [-0.2, -0.15) is 5.10 Å². The molecule has 0 aromatic carbocycles. The molecule has 2 heterocycles. The topological polar surface area (TPSA) is 54.8 Å². The number of anilines is 2. The first kappa shape index (κ1) is 9.51. The first-order chi connectivity index (χ1) is 7.40. The Morgan fingerprint density at radius 1 is 1.20 bits per heavy atom. The van der Waals surface area contributed by atoms with Gasteiger partial charge in [0.15, 0.2) is 0 Å². The van der Waals surface area contributed by atoms with Crippen molar-refractivity contribution in [2.75, 3.05) is 10.9 Å². The lowest BCUT2D eigenvalue weighted by atomic mass is 10.5. The highest BCUT2D eigenvalue weighted by molar-refractivity contribution is 5.44. The Bertz CT molecular complexity index is 409. The molecule has 78 valence electrons. The maximum atomic E-state index is 4.14. The third-order valence-corrected chi connectivity index (χ3v) is 2.00. The number of nitrogens with zero attached hydrogens (tertiary/aromatic N) is 3. The quantitative estimate of drug-likeness (QED) is 0.743. The van der Waals surface area contributed by atoms with Crippen molar-refractivity contribution in [3.63, 3.8) is 0 Å². The van der Waals surface area contributed by atoms with Crippen LogP contribution in [0.1, 0.15) is 6.92 Å². The Labute approximate surface area is 88.1 Å². The number of hydrazine groups is 1. The zero-order valence-electron chi connectivity index (χ0n) is 8.51. The van der Waals surface area contributed by atoms with E-state index in [1.807, 2.05) is 35.9 Å². The molecule has 0 aliphatic heterocycles. The Morgan fingerprint density at radius 3 is 2.87 bits per heavy atom.